The Morgan fingerprint density at radius 2 is 1.88 bits per heavy atom. The van der Waals surface area contributed by atoms with Gasteiger partial charge in [-0.2, -0.15) is 0 Å². The summed E-state index contributed by atoms with van der Waals surface area (Å²) in [6.07, 6.45) is 2.45. The first-order valence-electron chi connectivity index (χ1n) is 8.82. The lowest BCUT2D eigenvalue weighted by Gasteiger charge is -2.38. The number of ether oxygens (including phenoxy) is 1. The quantitative estimate of drug-likeness (QED) is 0.791. The van der Waals surface area contributed by atoms with Gasteiger partial charge in [0.1, 0.15) is 12.3 Å². The predicted molar refractivity (Wildman–Crippen MR) is 94.1 cm³/mol. The number of carboxylic acids is 1. The first kappa shape index (κ1) is 18.0. The summed E-state index contributed by atoms with van der Waals surface area (Å²) >= 11 is 0. The third-order valence-corrected chi connectivity index (χ3v) is 4.58. The van der Waals surface area contributed by atoms with Crippen molar-refractivity contribution >= 4 is 23.5 Å². The maximum Gasteiger partial charge on any atom is 0.322 e. The molecule has 1 fully saturated rings. The number of amides is 2. The van der Waals surface area contributed by atoms with Crippen LogP contribution in [0.3, 0.4) is 0 Å². The predicted octanol–water partition coefficient (Wildman–Crippen LogP) is 0.467. The molecule has 2 amide bonds. The summed E-state index contributed by atoms with van der Waals surface area (Å²) < 4.78 is 5.90. The summed E-state index contributed by atoms with van der Waals surface area (Å²) in [5.74, 6) is -1.01. The van der Waals surface area contributed by atoms with Crippen molar-refractivity contribution in [2.45, 2.75) is 25.4 Å². The highest BCUT2D eigenvalue weighted by atomic mass is 16.5. The van der Waals surface area contributed by atoms with E-state index in [4.69, 9.17) is 9.84 Å². The molecule has 0 aliphatic carbocycles. The number of carboxylic acid groups (broad SMARTS) is 1. The van der Waals surface area contributed by atoms with E-state index in [1.165, 1.54) is 0 Å². The molecule has 0 radical (unpaired) electrons. The molecule has 1 unspecified atom stereocenters. The van der Waals surface area contributed by atoms with Crippen molar-refractivity contribution < 1.29 is 24.2 Å². The van der Waals surface area contributed by atoms with Crippen LogP contribution in [0.15, 0.2) is 24.3 Å². The van der Waals surface area contributed by atoms with Gasteiger partial charge in [-0.1, -0.05) is 12.1 Å². The third-order valence-electron chi connectivity index (χ3n) is 4.58. The molecule has 2 heterocycles. The molecule has 26 heavy (non-hydrogen) atoms. The van der Waals surface area contributed by atoms with Crippen LogP contribution in [0, 0.1) is 0 Å². The van der Waals surface area contributed by atoms with E-state index in [9.17, 15) is 14.4 Å². The topological polar surface area (TPSA) is 99.2 Å². The van der Waals surface area contributed by atoms with Crippen molar-refractivity contribution in [1.82, 2.24) is 10.2 Å². The van der Waals surface area contributed by atoms with Crippen LogP contribution in [0.25, 0.3) is 0 Å². The van der Waals surface area contributed by atoms with Crippen LogP contribution in [-0.4, -0.2) is 66.6 Å². The Kier molecular flexibility index (Phi) is 5.60. The Morgan fingerprint density at radius 1 is 1.15 bits per heavy atom. The van der Waals surface area contributed by atoms with E-state index in [0.717, 1.165) is 38.0 Å². The highest BCUT2D eigenvalue weighted by Crippen LogP contribution is 2.33. The fourth-order valence-electron chi connectivity index (χ4n) is 3.31. The van der Waals surface area contributed by atoms with Crippen molar-refractivity contribution in [3.63, 3.8) is 0 Å². The number of carbonyl (C=O) groups is 3. The van der Waals surface area contributed by atoms with E-state index in [2.05, 4.69) is 5.32 Å². The highest BCUT2D eigenvalue weighted by molar-refractivity contribution is 5.87. The lowest BCUT2D eigenvalue weighted by molar-refractivity contribution is -0.139. The van der Waals surface area contributed by atoms with Gasteiger partial charge < -0.3 is 25.0 Å². The summed E-state index contributed by atoms with van der Waals surface area (Å²) in [6, 6.07) is 7.24. The molecule has 0 spiro atoms. The number of anilines is 1. The zero-order chi connectivity index (χ0) is 18.5. The zero-order valence-corrected chi connectivity index (χ0v) is 14.5. The molecular formula is C18H23N3O5. The Hall–Kier alpha value is -2.77. The van der Waals surface area contributed by atoms with Gasteiger partial charge in [-0.25, -0.2) is 0 Å². The fraction of sp³-hybridized carbons (Fsp3) is 0.500. The van der Waals surface area contributed by atoms with Gasteiger partial charge in [0.05, 0.1) is 18.8 Å². The number of fused-ring (bicyclic) bond motifs is 1. The van der Waals surface area contributed by atoms with E-state index < -0.39 is 24.5 Å². The average Bonchev–Trinajstić information content (AvgIpc) is 2.66. The molecular weight excluding hydrogens is 338 g/mol. The van der Waals surface area contributed by atoms with Crippen molar-refractivity contribution in [1.29, 1.82) is 0 Å². The monoisotopic (exact) mass is 361 g/mol. The highest BCUT2D eigenvalue weighted by Gasteiger charge is 2.34. The minimum Gasteiger partial charge on any atom is -0.480 e. The number of para-hydroxylation sites is 2. The molecule has 2 aliphatic rings. The minimum atomic E-state index is -1.10. The lowest BCUT2D eigenvalue weighted by atomic mass is 10.1. The normalized spacial score (nSPS) is 19.3. The number of rotatable bonds is 5. The first-order chi connectivity index (χ1) is 12.5. The molecule has 0 bridgehead atoms. The molecule has 1 aromatic rings. The van der Waals surface area contributed by atoms with E-state index >= 15 is 0 Å². The Morgan fingerprint density at radius 3 is 2.62 bits per heavy atom. The molecule has 1 saturated heterocycles. The van der Waals surface area contributed by atoms with Crippen LogP contribution in [0.4, 0.5) is 5.69 Å². The number of nitrogens with one attached hydrogen (secondary N) is 1. The molecule has 2 N–H and O–H groups in total. The van der Waals surface area contributed by atoms with Crippen LogP contribution in [0.5, 0.6) is 5.75 Å². The van der Waals surface area contributed by atoms with Crippen LogP contribution in [0.1, 0.15) is 19.3 Å². The van der Waals surface area contributed by atoms with E-state index in [-0.39, 0.29) is 19.0 Å². The molecule has 2 aliphatic heterocycles. The maximum atomic E-state index is 12.8. The number of carbonyl (C=O) groups excluding carboxylic acids is 2. The second-order valence-electron chi connectivity index (χ2n) is 6.51. The summed E-state index contributed by atoms with van der Waals surface area (Å²) in [6.45, 7) is 1.27. The summed E-state index contributed by atoms with van der Waals surface area (Å²) in [5, 5.41) is 11.0. The molecule has 1 aromatic carbocycles. The second-order valence-corrected chi connectivity index (χ2v) is 6.51. The number of hydrogen-bond acceptors (Lipinski definition) is 5. The minimum absolute atomic E-state index is 0.0303. The number of benzene rings is 1. The third kappa shape index (κ3) is 4.25. The maximum absolute atomic E-state index is 12.8. The van der Waals surface area contributed by atoms with Gasteiger partial charge >= 0.3 is 5.97 Å². The van der Waals surface area contributed by atoms with Crippen molar-refractivity contribution in [3.05, 3.63) is 24.3 Å². The van der Waals surface area contributed by atoms with E-state index in [1.54, 1.807) is 11.0 Å². The standard InChI is InChI=1S/C18H23N3O5/c22-16(19-10-17(23)24)12-21-11-15(18(25)20-8-4-1-5-9-20)26-14-7-3-2-6-13(14)21/h2-3,6-7,15H,1,4-5,8-12H2,(H,19,22)(H,23,24). The fourth-order valence-corrected chi connectivity index (χ4v) is 3.31. The smallest absolute Gasteiger partial charge is 0.322 e. The summed E-state index contributed by atoms with van der Waals surface area (Å²) in [4.78, 5) is 39.1. The van der Waals surface area contributed by atoms with Crippen LogP contribution in [0.2, 0.25) is 0 Å². The number of nitrogens with zero attached hydrogens (tertiary/aromatic N) is 2. The summed E-state index contributed by atoms with van der Waals surface area (Å²) in [7, 11) is 0. The molecule has 1 atom stereocenters. The number of hydrogen-bond donors (Lipinski definition) is 2. The Balaban J connectivity index is 1.72. The van der Waals surface area contributed by atoms with Gasteiger partial charge in [0.2, 0.25) is 5.91 Å². The van der Waals surface area contributed by atoms with Crippen LogP contribution >= 0.6 is 0 Å². The van der Waals surface area contributed by atoms with Gasteiger partial charge in [0, 0.05) is 13.1 Å². The van der Waals surface area contributed by atoms with Gasteiger partial charge in [-0.15, -0.1) is 0 Å². The molecule has 0 saturated carbocycles. The zero-order valence-electron chi connectivity index (χ0n) is 14.5. The SMILES string of the molecule is O=C(O)CNC(=O)CN1CC(C(=O)N2CCCCC2)Oc2ccccc21. The molecule has 0 aromatic heterocycles. The molecule has 3 rings (SSSR count). The molecule has 8 nitrogen and oxygen atoms in total. The van der Waals surface area contributed by atoms with Crippen molar-refractivity contribution in [2.24, 2.45) is 0 Å². The number of aliphatic carboxylic acids is 1. The van der Waals surface area contributed by atoms with Crippen molar-refractivity contribution in [2.75, 3.05) is 37.6 Å². The van der Waals surface area contributed by atoms with Gasteiger partial charge in [-0.05, 0) is 31.4 Å². The van der Waals surface area contributed by atoms with E-state index in [1.807, 2.05) is 23.1 Å². The van der Waals surface area contributed by atoms with E-state index in [0.29, 0.717) is 5.75 Å². The Bertz CT molecular complexity index is 687. The lowest BCUT2D eigenvalue weighted by Crippen LogP contribution is -2.53. The average molecular weight is 361 g/mol. The Labute approximate surface area is 151 Å². The van der Waals surface area contributed by atoms with Gasteiger partial charge in [0.25, 0.3) is 5.91 Å². The molecule has 8 heteroatoms. The second kappa shape index (κ2) is 8.07. The largest absolute Gasteiger partial charge is 0.480 e. The van der Waals surface area contributed by atoms with Gasteiger partial charge in [-0.3, -0.25) is 14.4 Å². The first-order valence-corrected chi connectivity index (χ1v) is 8.82. The molecule has 140 valence electrons. The number of piperidine rings is 1. The number of likely N-dealkylation sites (tertiary alicyclic amines) is 1. The van der Waals surface area contributed by atoms with Crippen LogP contribution in [-0.2, 0) is 14.4 Å². The summed E-state index contributed by atoms with van der Waals surface area (Å²) in [5.41, 5.74) is 0.723. The van der Waals surface area contributed by atoms with Crippen molar-refractivity contribution in [3.8, 4) is 5.75 Å². The van der Waals surface area contributed by atoms with Crippen LogP contribution < -0.4 is 15.0 Å². The van der Waals surface area contributed by atoms with Gasteiger partial charge in [0.15, 0.2) is 6.10 Å².